The number of phosphoric acid groups is 1. The summed E-state index contributed by atoms with van der Waals surface area (Å²) in [4.78, 5) is 35.0. The molecule has 0 saturated carbocycles. The average Bonchev–Trinajstić information content (AvgIpc) is 3.20. The number of unbranched alkanes of at least 4 members (excludes halogenated alkanes) is 11. The summed E-state index contributed by atoms with van der Waals surface area (Å²) in [5.41, 5.74) is 0. The highest BCUT2D eigenvalue weighted by molar-refractivity contribution is 7.47. The van der Waals surface area contributed by atoms with Gasteiger partial charge < -0.3 is 34.8 Å². The third-order valence-electron chi connectivity index (χ3n) is 8.98. The Kier molecular flexibility index (Phi) is 37.7. The van der Waals surface area contributed by atoms with Crippen LogP contribution in [0.25, 0.3) is 0 Å². The van der Waals surface area contributed by atoms with Crippen LogP contribution in [0.2, 0.25) is 0 Å². The zero-order valence-corrected chi connectivity index (χ0v) is 37.2. The molecule has 5 atom stereocenters. The van der Waals surface area contributed by atoms with E-state index in [1.165, 1.54) is 57.8 Å². The predicted molar refractivity (Wildman–Crippen MR) is 235 cm³/mol. The first kappa shape index (κ1) is 56.3. The van der Waals surface area contributed by atoms with Crippen LogP contribution in [-0.2, 0) is 32.7 Å². The van der Waals surface area contributed by atoms with Gasteiger partial charge in [0.2, 0.25) is 0 Å². The SMILES string of the molecule is CC/C=C\C[C@H](O)/C=C/C=C\C=C\[C@H](O)C/C=C\C/C=C\CCC(=O)O[C@H](COC(=O)CCCCCCCCCCCCCCC(C)C)COP(=O)(O)OC[C@@H](O)CO. The Morgan fingerprint density at radius 3 is 1.71 bits per heavy atom. The van der Waals surface area contributed by atoms with Crippen LogP contribution in [0.15, 0.2) is 72.9 Å². The molecular formula is C46H79O12P. The molecule has 59 heavy (non-hydrogen) atoms. The van der Waals surface area contributed by atoms with E-state index in [0.29, 0.717) is 32.1 Å². The van der Waals surface area contributed by atoms with Crippen molar-refractivity contribution >= 4 is 19.8 Å². The summed E-state index contributed by atoms with van der Waals surface area (Å²) >= 11 is 0. The highest BCUT2D eigenvalue weighted by atomic mass is 31.2. The fraction of sp³-hybridized carbons (Fsp3) is 0.696. The third kappa shape index (κ3) is 40.5. The summed E-state index contributed by atoms with van der Waals surface area (Å²) in [6, 6.07) is 0. The van der Waals surface area contributed by atoms with Crippen molar-refractivity contribution in [3.63, 3.8) is 0 Å². The van der Waals surface area contributed by atoms with Gasteiger partial charge in [-0.3, -0.25) is 18.6 Å². The molecule has 0 aromatic heterocycles. The van der Waals surface area contributed by atoms with E-state index in [2.05, 4.69) is 18.4 Å². The second-order valence-corrected chi connectivity index (χ2v) is 16.7. The maximum atomic E-state index is 12.6. The number of hydrogen-bond donors (Lipinski definition) is 5. The van der Waals surface area contributed by atoms with Crippen LogP contribution < -0.4 is 0 Å². The quantitative estimate of drug-likeness (QED) is 0.0130. The molecule has 0 amide bonds. The first-order valence-corrected chi connectivity index (χ1v) is 23.5. The molecule has 0 heterocycles. The Bertz CT molecular complexity index is 1260. The number of allylic oxidation sites excluding steroid dienone is 8. The lowest BCUT2D eigenvalue weighted by Crippen LogP contribution is -2.29. The van der Waals surface area contributed by atoms with Gasteiger partial charge in [-0.2, -0.15) is 0 Å². The molecule has 0 radical (unpaired) electrons. The fourth-order valence-electron chi connectivity index (χ4n) is 5.55. The van der Waals surface area contributed by atoms with E-state index in [0.717, 1.165) is 31.6 Å². The maximum absolute atomic E-state index is 12.6. The normalized spacial score (nSPS) is 15.7. The Balaban J connectivity index is 4.54. The number of carbonyl (C=O) groups is 2. The summed E-state index contributed by atoms with van der Waals surface area (Å²) < 4.78 is 32.6. The highest BCUT2D eigenvalue weighted by Crippen LogP contribution is 2.43. The molecule has 0 aromatic carbocycles. The minimum atomic E-state index is -4.67. The van der Waals surface area contributed by atoms with E-state index >= 15 is 0 Å². The molecule has 1 unspecified atom stereocenters. The first-order valence-electron chi connectivity index (χ1n) is 22.0. The molecule has 13 heteroatoms. The van der Waals surface area contributed by atoms with Crippen molar-refractivity contribution in [2.45, 2.75) is 174 Å². The van der Waals surface area contributed by atoms with Gasteiger partial charge in [-0.25, -0.2) is 4.57 Å². The van der Waals surface area contributed by atoms with Crippen LogP contribution >= 0.6 is 7.82 Å². The lowest BCUT2D eigenvalue weighted by Gasteiger charge is -2.20. The van der Waals surface area contributed by atoms with E-state index in [9.17, 15) is 34.4 Å². The summed E-state index contributed by atoms with van der Waals surface area (Å²) in [7, 11) is -4.67. The van der Waals surface area contributed by atoms with Crippen molar-refractivity contribution in [1.82, 2.24) is 0 Å². The van der Waals surface area contributed by atoms with Gasteiger partial charge in [0.05, 0.1) is 32.0 Å². The molecule has 0 bridgehead atoms. The van der Waals surface area contributed by atoms with Crippen molar-refractivity contribution in [1.29, 1.82) is 0 Å². The van der Waals surface area contributed by atoms with Crippen LogP contribution in [-0.4, -0.2) is 88.1 Å². The van der Waals surface area contributed by atoms with E-state index in [4.69, 9.17) is 19.1 Å². The molecule has 0 saturated heterocycles. The number of aliphatic hydroxyl groups excluding tert-OH is 4. The van der Waals surface area contributed by atoms with E-state index in [1.54, 1.807) is 36.5 Å². The average molecular weight is 855 g/mol. The zero-order chi connectivity index (χ0) is 43.8. The Morgan fingerprint density at radius 1 is 0.627 bits per heavy atom. The van der Waals surface area contributed by atoms with Crippen LogP contribution in [0.4, 0.5) is 0 Å². The van der Waals surface area contributed by atoms with Gasteiger partial charge >= 0.3 is 19.8 Å². The summed E-state index contributed by atoms with van der Waals surface area (Å²) in [6.45, 7) is 4.29. The molecule has 0 aliphatic carbocycles. The highest BCUT2D eigenvalue weighted by Gasteiger charge is 2.27. The van der Waals surface area contributed by atoms with Gasteiger partial charge in [-0.05, 0) is 44.4 Å². The summed E-state index contributed by atoms with van der Waals surface area (Å²) in [5.74, 6) is -0.299. The number of hydrogen-bond acceptors (Lipinski definition) is 11. The molecule has 0 aliphatic rings. The second kappa shape index (κ2) is 39.5. The van der Waals surface area contributed by atoms with Crippen molar-refractivity contribution in [3.8, 4) is 0 Å². The van der Waals surface area contributed by atoms with Crippen LogP contribution in [0.5, 0.6) is 0 Å². The number of ether oxygens (including phenoxy) is 2. The van der Waals surface area contributed by atoms with Gasteiger partial charge in [0.25, 0.3) is 0 Å². The molecular weight excluding hydrogens is 775 g/mol. The van der Waals surface area contributed by atoms with E-state index < -0.39 is 64.0 Å². The summed E-state index contributed by atoms with van der Waals surface area (Å²) in [6.07, 6.45) is 36.7. The van der Waals surface area contributed by atoms with Gasteiger partial charge in [0.1, 0.15) is 12.7 Å². The Hall–Kier alpha value is -2.67. The van der Waals surface area contributed by atoms with Crippen molar-refractivity contribution in [3.05, 3.63) is 72.9 Å². The largest absolute Gasteiger partial charge is 0.472 e. The van der Waals surface area contributed by atoms with Gasteiger partial charge in [-0.1, -0.05) is 171 Å². The van der Waals surface area contributed by atoms with Crippen molar-refractivity contribution in [2.75, 3.05) is 26.4 Å². The minimum Gasteiger partial charge on any atom is -0.462 e. The topological polar surface area (TPSA) is 189 Å². The monoisotopic (exact) mass is 855 g/mol. The Labute approximate surface area is 355 Å². The first-order chi connectivity index (χ1) is 28.4. The summed E-state index contributed by atoms with van der Waals surface area (Å²) in [5, 5.41) is 38.3. The third-order valence-corrected chi connectivity index (χ3v) is 9.93. The minimum absolute atomic E-state index is 0.000160. The number of phosphoric ester groups is 1. The number of esters is 2. The molecule has 0 aromatic rings. The lowest BCUT2D eigenvalue weighted by molar-refractivity contribution is -0.161. The molecule has 0 spiro atoms. The molecule has 0 rings (SSSR count). The van der Waals surface area contributed by atoms with E-state index in [1.807, 2.05) is 43.4 Å². The standard InChI is InChI=1S/C46H79O12P/c1-4-5-22-30-41(48)32-25-20-21-26-33-42(49)31-24-17-14-15-19-28-35-46(52)58-44(39-57-59(53,54)56-37-43(50)36-47)38-55-45(51)34-27-18-13-11-9-7-6-8-10-12-16-23-29-40(2)3/h5,15,17,19-22,24-26,32-33,40-44,47-50H,4,6-14,16,18,23,27-31,34-39H2,1-3H3,(H,53,54)/b19-15-,21-20-,22-5-,24-17-,32-25+,33-26+/t41-,42+,43-,44+/m0/s1. The van der Waals surface area contributed by atoms with Gasteiger partial charge in [-0.15, -0.1) is 0 Å². The predicted octanol–water partition coefficient (Wildman–Crippen LogP) is 9.47. The number of carbonyl (C=O) groups excluding carboxylic acids is 2. The molecule has 0 fully saturated rings. The van der Waals surface area contributed by atoms with Gasteiger partial charge in [0, 0.05) is 12.8 Å². The molecule has 5 N–H and O–H groups in total. The molecule has 0 aliphatic heterocycles. The maximum Gasteiger partial charge on any atom is 0.472 e. The number of rotatable bonds is 39. The second-order valence-electron chi connectivity index (χ2n) is 15.2. The van der Waals surface area contributed by atoms with Crippen molar-refractivity contribution in [2.24, 2.45) is 5.92 Å². The smallest absolute Gasteiger partial charge is 0.462 e. The van der Waals surface area contributed by atoms with Crippen molar-refractivity contribution < 1.29 is 58.0 Å². The zero-order valence-electron chi connectivity index (χ0n) is 36.3. The lowest BCUT2D eigenvalue weighted by atomic mass is 10.0. The molecule has 340 valence electrons. The fourth-order valence-corrected chi connectivity index (χ4v) is 6.34. The van der Waals surface area contributed by atoms with E-state index in [-0.39, 0.29) is 19.4 Å². The Morgan fingerprint density at radius 2 is 1.15 bits per heavy atom. The van der Waals surface area contributed by atoms with Gasteiger partial charge in [0.15, 0.2) is 6.10 Å². The van der Waals surface area contributed by atoms with Crippen LogP contribution in [0, 0.1) is 5.92 Å². The number of aliphatic hydroxyl groups is 4. The van der Waals surface area contributed by atoms with Crippen LogP contribution in [0.1, 0.15) is 149 Å². The van der Waals surface area contributed by atoms with Crippen LogP contribution in [0.3, 0.4) is 0 Å². The molecule has 12 nitrogen and oxygen atoms in total.